The summed E-state index contributed by atoms with van der Waals surface area (Å²) in [5, 5.41) is 3.97. The van der Waals surface area contributed by atoms with E-state index in [-0.39, 0.29) is 11.7 Å². The number of hydrogen-bond donors (Lipinski definition) is 1. The number of thioether (sulfide) groups is 1. The topological polar surface area (TPSA) is 54.9 Å². The van der Waals surface area contributed by atoms with Gasteiger partial charge in [0.2, 0.25) is 5.91 Å². The minimum absolute atomic E-state index is 0.212. The normalized spacial score (nSPS) is 11.3. The van der Waals surface area contributed by atoms with E-state index in [4.69, 9.17) is 0 Å². The summed E-state index contributed by atoms with van der Waals surface area (Å²) in [6.07, 6.45) is 0. The van der Waals surface area contributed by atoms with Crippen LogP contribution in [-0.2, 0) is 10.5 Å². The summed E-state index contributed by atoms with van der Waals surface area (Å²) >= 11 is 4.18. The highest BCUT2D eigenvalue weighted by Crippen LogP contribution is 2.28. The molecule has 0 aliphatic carbocycles. The molecule has 4 nitrogen and oxygen atoms in total. The molecule has 0 saturated heterocycles. The van der Waals surface area contributed by atoms with Crippen LogP contribution >= 0.6 is 34.4 Å². The molecular weight excluding hydrogens is 396 g/mol. The maximum absolute atomic E-state index is 13.2. The highest BCUT2D eigenvalue weighted by atomic mass is 32.2. The van der Waals surface area contributed by atoms with Gasteiger partial charge in [-0.05, 0) is 18.2 Å². The second-order valence-corrected chi connectivity index (χ2v) is 8.50. The average molecular weight is 407 g/mol. The average Bonchev–Trinajstić information content (AvgIpc) is 3.18. The molecule has 0 aliphatic rings. The summed E-state index contributed by atoms with van der Waals surface area (Å²) in [6.45, 7) is 0. The predicted octanol–water partition coefficient (Wildman–Crippen LogP) is 5.06. The van der Waals surface area contributed by atoms with Gasteiger partial charge >= 0.3 is 0 Å². The Labute approximate surface area is 159 Å². The van der Waals surface area contributed by atoms with E-state index in [0.29, 0.717) is 21.1 Å². The first kappa shape index (κ1) is 17.3. The Balaban J connectivity index is 1.35. The van der Waals surface area contributed by atoms with E-state index < -0.39 is 11.6 Å². The van der Waals surface area contributed by atoms with E-state index in [2.05, 4.69) is 15.3 Å². The first-order valence-corrected chi connectivity index (χ1v) is 10.3. The SMILES string of the molecule is O=C(CSCc1nc2ccccc2s1)Nc1nc2cc(F)c(F)cc2s1. The highest BCUT2D eigenvalue weighted by molar-refractivity contribution is 7.99. The van der Waals surface area contributed by atoms with Crippen molar-refractivity contribution < 1.29 is 13.6 Å². The van der Waals surface area contributed by atoms with E-state index in [9.17, 15) is 13.6 Å². The number of nitrogens with zero attached hydrogens (tertiary/aromatic N) is 2. The minimum Gasteiger partial charge on any atom is -0.301 e. The van der Waals surface area contributed by atoms with Crippen LogP contribution in [0, 0.1) is 11.6 Å². The number of anilines is 1. The maximum atomic E-state index is 13.2. The molecule has 0 bridgehead atoms. The van der Waals surface area contributed by atoms with Crippen molar-refractivity contribution >= 4 is 65.9 Å². The third kappa shape index (κ3) is 3.69. The number of nitrogens with one attached hydrogen (secondary N) is 1. The van der Waals surface area contributed by atoms with Crippen LogP contribution in [0.4, 0.5) is 13.9 Å². The summed E-state index contributed by atoms with van der Waals surface area (Å²) in [5.41, 5.74) is 1.29. The zero-order chi connectivity index (χ0) is 18.1. The zero-order valence-electron chi connectivity index (χ0n) is 13.2. The lowest BCUT2D eigenvalue weighted by Gasteiger charge is -2.00. The monoisotopic (exact) mass is 407 g/mol. The largest absolute Gasteiger partial charge is 0.301 e. The molecule has 0 aliphatic heterocycles. The van der Waals surface area contributed by atoms with Crippen LogP contribution in [0.1, 0.15) is 5.01 Å². The fourth-order valence-corrected chi connectivity index (χ4v) is 5.08. The molecule has 0 radical (unpaired) electrons. The van der Waals surface area contributed by atoms with Crippen LogP contribution in [0.2, 0.25) is 0 Å². The molecular formula is C17H11F2N3OS3. The summed E-state index contributed by atoms with van der Waals surface area (Å²) in [6, 6.07) is 10.0. The Morgan fingerprint density at radius 2 is 1.85 bits per heavy atom. The fraction of sp³-hybridized carbons (Fsp3) is 0.118. The van der Waals surface area contributed by atoms with Crippen molar-refractivity contribution in [1.82, 2.24) is 9.97 Å². The summed E-state index contributed by atoms with van der Waals surface area (Å²) in [7, 11) is 0. The van der Waals surface area contributed by atoms with E-state index in [0.717, 1.165) is 38.7 Å². The lowest BCUT2D eigenvalue weighted by molar-refractivity contribution is -0.113. The standard InChI is InChI=1S/C17H11F2N3OS3/c18-9-5-12-14(6-10(9)19)26-17(21-12)22-15(23)7-24-8-16-20-11-3-1-2-4-13(11)25-16/h1-6H,7-8H2,(H,21,22,23). The molecule has 2 heterocycles. The number of carbonyl (C=O) groups is 1. The number of amides is 1. The predicted molar refractivity (Wildman–Crippen MR) is 104 cm³/mol. The summed E-state index contributed by atoms with van der Waals surface area (Å²) in [5.74, 6) is -1.20. The molecule has 0 atom stereocenters. The molecule has 132 valence electrons. The van der Waals surface area contributed by atoms with Crippen LogP contribution in [0.5, 0.6) is 0 Å². The maximum Gasteiger partial charge on any atom is 0.236 e. The molecule has 2 aromatic heterocycles. The summed E-state index contributed by atoms with van der Waals surface area (Å²) < 4.78 is 28.1. The van der Waals surface area contributed by atoms with Gasteiger partial charge < -0.3 is 5.32 Å². The van der Waals surface area contributed by atoms with Gasteiger partial charge in [0.05, 0.1) is 26.2 Å². The van der Waals surface area contributed by atoms with Crippen molar-refractivity contribution in [2.45, 2.75) is 5.75 Å². The Morgan fingerprint density at radius 3 is 2.69 bits per heavy atom. The fourth-order valence-electron chi connectivity index (χ4n) is 2.35. The Hall–Kier alpha value is -2.10. The summed E-state index contributed by atoms with van der Waals surface area (Å²) in [4.78, 5) is 20.7. The molecule has 4 rings (SSSR count). The molecule has 9 heteroatoms. The smallest absolute Gasteiger partial charge is 0.236 e. The molecule has 4 aromatic rings. The number of carbonyl (C=O) groups excluding carboxylic acids is 1. The van der Waals surface area contributed by atoms with Crippen molar-refractivity contribution in [1.29, 1.82) is 0 Å². The van der Waals surface area contributed by atoms with Gasteiger partial charge in [-0.3, -0.25) is 4.79 Å². The molecule has 1 N–H and O–H groups in total. The number of halogens is 2. The Morgan fingerprint density at radius 1 is 1.04 bits per heavy atom. The van der Waals surface area contributed by atoms with Gasteiger partial charge in [0.15, 0.2) is 16.8 Å². The van der Waals surface area contributed by atoms with Gasteiger partial charge in [0.1, 0.15) is 5.01 Å². The quantitative estimate of drug-likeness (QED) is 0.503. The number of hydrogen-bond acceptors (Lipinski definition) is 6. The number of benzene rings is 2. The van der Waals surface area contributed by atoms with E-state index >= 15 is 0 Å². The minimum atomic E-state index is -0.952. The van der Waals surface area contributed by atoms with Gasteiger partial charge in [0.25, 0.3) is 0 Å². The van der Waals surface area contributed by atoms with Gasteiger partial charge in [-0.1, -0.05) is 23.5 Å². The first-order valence-electron chi connectivity index (χ1n) is 7.56. The Kier molecular flexibility index (Phi) is 4.84. The number of thiazole rings is 2. The van der Waals surface area contributed by atoms with Crippen LogP contribution in [0.15, 0.2) is 36.4 Å². The van der Waals surface area contributed by atoms with Crippen LogP contribution in [0.25, 0.3) is 20.4 Å². The highest BCUT2D eigenvalue weighted by Gasteiger charge is 2.12. The third-order valence-electron chi connectivity index (χ3n) is 3.47. The van der Waals surface area contributed by atoms with Crippen molar-refractivity contribution in [3.8, 4) is 0 Å². The molecule has 2 aromatic carbocycles. The van der Waals surface area contributed by atoms with Crippen LogP contribution in [-0.4, -0.2) is 21.6 Å². The molecule has 0 spiro atoms. The number of para-hydroxylation sites is 1. The lowest BCUT2D eigenvalue weighted by atomic mass is 10.3. The van der Waals surface area contributed by atoms with E-state index in [1.807, 2.05) is 24.3 Å². The van der Waals surface area contributed by atoms with Crippen molar-refractivity contribution in [2.75, 3.05) is 11.1 Å². The lowest BCUT2D eigenvalue weighted by Crippen LogP contribution is -2.13. The first-order chi connectivity index (χ1) is 12.6. The molecule has 0 fully saturated rings. The Bertz CT molecular complexity index is 1040. The molecule has 0 unspecified atom stereocenters. The van der Waals surface area contributed by atoms with E-state index in [1.54, 1.807) is 11.3 Å². The molecule has 0 saturated carbocycles. The van der Waals surface area contributed by atoms with Gasteiger partial charge in [0, 0.05) is 11.8 Å². The van der Waals surface area contributed by atoms with Gasteiger partial charge in [-0.25, -0.2) is 18.7 Å². The number of fused-ring (bicyclic) bond motifs is 2. The third-order valence-corrected chi connectivity index (χ3v) is 6.57. The number of aromatic nitrogens is 2. The second kappa shape index (κ2) is 7.26. The van der Waals surface area contributed by atoms with E-state index in [1.165, 1.54) is 11.8 Å². The van der Waals surface area contributed by atoms with Crippen molar-refractivity contribution in [2.24, 2.45) is 0 Å². The van der Waals surface area contributed by atoms with Gasteiger partial charge in [-0.15, -0.1) is 23.1 Å². The second-order valence-electron chi connectivity index (χ2n) is 5.37. The van der Waals surface area contributed by atoms with Crippen LogP contribution in [0.3, 0.4) is 0 Å². The van der Waals surface area contributed by atoms with Crippen molar-refractivity contribution in [3.05, 3.63) is 53.0 Å². The number of rotatable bonds is 5. The van der Waals surface area contributed by atoms with Crippen molar-refractivity contribution in [3.63, 3.8) is 0 Å². The van der Waals surface area contributed by atoms with Crippen LogP contribution < -0.4 is 5.32 Å². The molecule has 1 amide bonds. The zero-order valence-corrected chi connectivity index (χ0v) is 15.6. The molecule has 26 heavy (non-hydrogen) atoms. The van der Waals surface area contributed by atoms with Gasteiger partial charge in [-0.2, -0.15) is 0 Å².